The lowest BCUT2D eigenvalue weighted by Gasteiger charge is -2.12. The van der Waals surface area contributed by atoms with E-state index < -0.39 is 5.91 Å². The molecule has 120 valence electrons. The summed E-state index contributed by atoms with van der Waals surface area (Å²) in [6, 6.07) is 9.92. The Hall–Kier alpha value is -1.76. The Morgan fingerprint density at radius 2 is 2.17 bits per heavy atom. The number of ether oxygens (including phenoxy) is 2. The molecular formula is C18H18INO3. The van der Waals surface area contributed by atoms with Gasteiger partial charge in [-0.05, 0) is 53.4 Å². The number of halogens is 1. The van der Waals surface area contributed by atoms with Gasteiger partial charge in [0.2, 0.25) is 0 Å². The number of aryl methyl sites for hydroxylation is 1. The van der Waals surface area contributed by atoms with Crippen LogP contribution in [0.5, 0.6) is 11.5 Å². The topological polar surface area (TPSA) is 61.5 Å². The van der Waals surface area contributed by atoms with Crippen LogP contribution in [0, 0.1) is 6.92 Å². The molecule has 0 unspecified atom stereocenters. The van der Waals surface area contributed by atoms with Gasteiger partial charge in [-0.15, -0.1) is 0 Å². The number of carbonyl (C=O) groups is 1. The van der Waals surface area contributed by atoms with Gasteiger partial charge in [0.1, 0.15) is 11.5 Å². The normalized spacial score (nSPS) is 12.6. The van der Waals surface area contributed by atoms with E-state index >= 15 is 0 Å². The third-order valence-corrected chi connectivity index (χ3v) is 4.34. The van der Waals surface area contributed by atoms with Crippen LogP contribution in [0.1, 0.15) is 21.5 Å². The Bertz CT molecular complexity index is 758. The Morgan fingerprint density at radius 1 is 1.35 bits per heavy atom. The number of nitrogens with two attached hydrogens (primary N) is 1. The molecule has 0 saturated carbocycles. The van der Waals surface area contributed by atoms with E-state index in [4.69, 9.17) is 15.2 Å². The van der Waals surface area contributed by atoms with Crippen molar-refractivity contribution in [2.75, 3.05) is 17.6 Å². The average molecular weight is 423 g/mol. The molecule has 0 atom stereocenters. The summed E-state index contributed by atoms with van der Waals surface area (Å²) >= 11 is 2.28. The van der Waals surface area contributed by atoms with Crippen LogP contribution in [0.3, 0.4) is 0 Å². The molecule has 1 heterocycles. The number of hydrogen-bond acceptors (Lipinski definition) is 3. The Kier molecular flexibility index (Phi) is 4.75. The highest BCUT2D eigenvalue weighted by Crippen LogP contribution is 2.36. The molecule has 0 radical (unpaired) electrons. The van der Waals surface area contributed by atoms with Gasteiger partial charge in [-0.1, -0.05) is 28.7 Å². The highest BCUT2D eigenvalue weighted by molar-refractivity contribution is 14.1. The first-order chi connectivity index (χ1) is 11.1. The maximum atomic E-state index is 11.7. The van der Waals surface area contributed by atoms with Gasteiger partial charge in [0.25, 0.3) is 5.91 Å². The molecular weight excluding hydrogens is 405 g/mol. The molecule has 0 aliphatic carbocycles. The van der Waals surface area contributed by atoms with Crippen LogP contribution in [0.15, 0.2) is 30.3 Å². The molecule has 0 fully saturated rings. The van der Waals surface area contributed by atoms with Crippen molar-refractivity contribution in [2.24, 2.45) is 5.73 Å². The maximum absolute atomic E-state index is 11.7. The molecule has 4 nitrogen and oxygen atoms in total. The molecule has 1 aliphatic rings. The summed E-state index contributed by atoms with van der Waals surface area (Å²) in [5.41, 5.74) is 10.2. The first-order valence-electron chi connectivity index (χ1n) is 7.49. The number of hydrogen-bond donors (Lipinski definition) is 1. The van der Waals surface area contributed by atoms with Crippen LogP contribution in [-0.4, -0.2) is 23.5 Å². The third-order valence-electron chi connectivity index (χ3n) is 3.90. The highest BCUT2D eigenvalue weighted by atomic mass is 127. The van der Waals surface area contributed by atoms with Crippen molar-refractivity contribution < 1.29 is 14.3 Å². The fourth-order valence-electron chi connectivity index (χ4n) is 2.85. The van der Waals surface area contributed by atoms with Crippen LogP contribution >= 0.6 is 22.6 Å². The molecule has 0 spiro atoms. The van der Waals surface area contributed by atoms with Crippen molar-refractivity contribution in [3.63, 3.8) is 0 Å². The van der Waals surface area contributed by atoms with Crippen molar-refractivity contribution in [3.05, 3.63) is 47.0 Å². The molecule has 2 aromatic rings. The van der Waals surface area contributed by atoms with Crippen LogP contribution in [-0.2, 0) is 6.42 Å². The fraction of sp³-hybridized carbons (Fsp3) is 0.278. The van der Waals surface area contributed by atoms with Crippen LogP contribution in [0.2, 0.25) is 0 Å². The van der Waals surface area contributed by atoms with Gasteiger partial charge >= 0.3 is 0 Å². The van der Waals surface area contributed by atoms with Crippen LogP contribution in [0.25, 0.3) is 11.1 Å². The molecule has 1 amide bonds. The van der Waals surface area contributed by atoms with Gasteiger partial charge in [-0.3, -0.25) is 4.79 Å². The van der Waals surface area contributed by atoms with Crippen molar-refractivity contribution >= 4 is 28.5 Å². The van der Waals surface area contributed by atoms with Crippen LogP contribution < -0.4 is 15.2 Å². The molecule has 2 N–H and O–H groups in total. The Morgan fingerprint density at radius 3 is 2.87 bits per heavy atom. The second-order valence-corrected chi connectivity index (χ2v) is 6.57. The second-order valence-electron chi connectivity index (χ2n) is 5.49. The van der Waals surface area contributed by atoms with Gasteiger partial charge in [0.15, 0.2) is 0 Å². The molecule has 0 saturated heterocycles. The SMILES string of the molecule is Cc1cc(OCCI)ccc1-c1cc2c(c(C(N)=O)c1)OCC2. The van der Waals surface area contributed by atoms with E-state index in [0.717, 1.165) is 38.9 Å². The zero-order valence-electron chi connectivity index (χ0n) is 12.9. The predicted molar refractivity (Wildman–Crippen MR) is 98.7 cm³/mol. The summed E-state index contributed by atoms with van der Waals surface area (Å²) in [6.45, 7) is 3.34. The average Bonchev–Trinajstić information content (AvgIpc) is 3.00. The Balaban J connectivity index is 2.02. The number of carbonyl (C=O) groups excluding carboxylic acids is 1. The lowest BCUT2D eigenvalue weighted by atomic mass is 9.95. The number of amides is 1. The van der Waals surface area contributed by atoms with Crippen LogP contribution in [0.4, 0.5) is 0 Å². The van der Waals surface area contributed by atoms with Crippen molar-refractivity contribution in [2.45, 2.75) is 13.3 Å². The van der Waals surface area contributed by atoms with Gasteiger partial charge in [-0.2, -0.15) is 0 Å². The van der Waals surface area contributed by atoms with E-state index in [1.54, 1.807) is 0 Å². The van der Waals surface area contributed by atoms with Gasteiger partial charge < -0.3 is 15.2 Å². The molecule has 5 heteroatoms. The summed E-state index contributed by atoms with van der Waals surface area (Å²) in [7, 11) is 0. The standard InChI is InChI=1S/C18H18INO3/c1-11-8-14(22-7-5-19)2-3-15(11)13-9-12-4-6-23-17(12)16(10-13)18(20)21/h2-3,8-10H,4-7H2,1H3,(H2,20,21). The zero-order chi connectivity index (χ0) is 16.4. The molecule has 0 bridgehead atoms. The van der Waals surface area contributed by atoms with Gasteiger partial charge in [0.05, 0.1) is 18.8 Å². The van der Waals surface area contributed by atoms with Crippen molar-refractivity contribution in [1.29, 1.82) is 0 Å². The number of rotatable bonds is 5. The fourth-order valence-corrected chi connectivity index (χ4v) is 3.07. The summed E-state index contributed by atoms with van der Waals surface area (Å²) in [6.07, 6.45) is 0.805. The second kappa shape index (κ2) is 6.78. The Labute approximate surface area is 149 Å². The van der Waals surface area contributed by atoms with Gasteiger partial charge in [-0.25, -0.2) is 0 Å². The highest BCUT2D eigenvalue weighted by Gasteiger charge is 2.21. The van der Waals surface area contributed by atoms with E-state index in [9.17, 15) is 4.79 Å². The monoisotopic (exact) mass is 423 g/mol. The van der Waals surface area contributed by atoms with E-state index in [0.29, 0.717) is 24.5 Å². The largest absolute Gasteiger partial charge is 0.493 e. The number of alkyl halides is 1. The zero-order valence-corrected chi connectivity index (χ0v) is 15.1. The smallest absolute Gasteiger partial charge is 0.252 e. The molecule has 23 heavy (non-hydrogen) atoms. The van der Waals surface area contributed by atoms with E-state index in [2.05, 4.69) is 28.7 Å². The minimum Gasteiger partial charge on any atom is -0.493 e. The number of fused-ring (bicyclic) bond motifs is 1. The third kappa shape index (κ3) is 3.29. The predicted octanol–water partition coefficient (Wildman–Crippen LogP) is 3.51. The van der Waals surface area contributed by atoms with Crippen molar-refractivity contribution in [3.8, 4) is 22.6 Å². The maximum Gasteiger partial charge on any atom is 0.252 e. The first-order valence-corrected chi connectivity index (χ1v) is 9.02. The summed E-state index contributed by atoms with van der Waals surface area (Å²) in [5, 5.41) is 0. The molecule has 2 aromatic carbocycles. The minimum atomic E-state index is -0.454. The number of benzene rings is 2. The number of primary amides is 1. The summed E-state index contributed by atoms with van der Waals surface area (Å²) < 4.78 is 12.2. The van der Waals surface area contributed by atoms with E-state index in [1.807, 2.05) is 31.2 Å². The lowest BCUT2D eigenvalue weighted by molar-refractivity contribution is 0.0997. The summed E-state index contributed by atoms with van der Waals surface area (Å²) in [5.74, 6) is 1.05. The van der Waals surface area contributed by atoms with E-state index in [-0.39, 0.29) is 0 Å². The molecule has 1 aliphatic heterocycles. The lowest BCUT2D eigenvalue weighted by Crippen LogP contribution is -2.12. The summed E-state index contributed by atoms with van der Waals surface area (Å²) in [4.78, 5) is 11.7. The molecule has 3 rings (SSSR count). The first kappa shape index (κ1) is 16.1. The van der Waals surface area contributed by atoms with Crippen molar-refractivity contribution in [1.82, 2.24) is 0 Å². The minimum absolute atomic E-state index is 0.454. The van der Waals surface area contributed by atoms with Gasteiger partial charge in [0, 0.05) is 10.8 Å². The van der Waals surface area contributed by atoms with E-state index in [1.165, 1.54) is 0 Å². The molecule has 0 aromatic heterocycles. The quantitative estimate of drug-likeness (QED) is 0.592.